The lowest BCUT2D eigenvalue weighted by Crippen LogP contribution is -2.05. The minimum absolute atomic E-state index is 0.602. The highest BCUT2D eigenvalue weighted by Gasteiger charge is 2.03. The van der Waals surface area contributed by atoms with Crippen LogP contribution in [0, 0.1) is 5.92 Å². The summed E-state index contributed by atoms with van der Waals surface area (Å²) in [6, 6.07) is 8.97. The van der Waals surface area contributed by atoms with Crippen molar-refractivity contribution < 1.29 is 0 Å². The summed E-state index contributed by atoms with van der Waals surface area (Å²) in [6.45, 7) is 13.2. The molecule has 25 heavy (non-hydrogen) atoms. The molecule has 0 fully saturated rings. The van der Waals surface area contributed by atoms with E-state index in [-0.39, 0.29) is 0 Å². The van der Waals surface area contributed by atoms with E-state index in [0.29, 0.717) is 5.92 Å². The van der Waals surface area contributed by atoms with Gasteiger partial charge in [-0.1, -0.05) is 62.6 Å². The van der Waals surface area contributed by atoms with Crippen molar-refractivity contribution in [1.82, 2.24) is 0 Å². The Kier molecular flexibility index (Phi) is 10.1. The Labute approximate surface area is 156 Å². The molecule has 0 N–H and O–H groups in total. The molecular formula is C24H37N. The van der Waals surface area contributed by atoms with Gasteiger partial charge in [0.1, 0.15) is 0 Å². The quantitative estimate of drug-likeness (QED) is 0.307. The van der Waals surface area contributed by atoms with Crippen molar-refractivity contribution in [2.75, 3.05) is 0 Å². The van der Waals surface area contributed by atoms with Crippen LogP contribution in [0.4, 0.5) is 0 Å². The highest BCUT2D eigenvalue weighted by Crippen LogP contribution is 2.19. The Morgan fingerprint density at radius 1 is 1.12 bits per heavy atom. The van der Waals surface area contributed by atoms with Crippen LogP contribution in [0.5, 0.6) is 0 Å². The summed E-state index contributed by atoms with van der Waals surface area (Å²) in [5.74, 6) is 0.602. The average molecular weight is 340 g/mol. The molecule has 1 nitrogen and oxygen atoms in total. The summed E-state index contributed by atoms with van der Waals surface area (Å²) in [5, 5.41) is 0. The number of allylic oxidation sites excluding steroid dienone is 3. The van der Waals surface area contributed by atoms with E-state index in [9.17, 15) is 0 Å². The van der Waals surface area contributed by atoms with Crippen molar-refractivity contribution in [2.45, 2.75) is 80.1 Å². The van der Waals surface area contributed by atoms with Crippen molar-refractivity contribution in [3.05, 3.63) is 53.2 Å². The lowest BCUT2D eigenvalue weighted by molar-refractivity contribution is 0.622. The molecule has 1 aromatic rings. The minimum Gasteiger partial charge on any atom is -0.266 e. The first kappa shape index (κ1) is 21.4. The number of nitrogens with zero attached hydrogens (tertiary/aromatic N) is 1. The maximum absolute atomic E-state index is 4.61. The van der Waals surface area contributed by atoms with Gasteiger partial charge in [0.05, 0.1) is 0 Å². The van der Waals surface area contributed by atoms with Gasteiger partial charge in [0.15, 0.2) is 0 Å². The second kappa shape index (κ2) is 11.8. The molecule has 0 saturated carbocycles. The summed E-state index contributed by atoms with van der Waals surface area (Å²) in [5.41, 5.74) is 6.83. The van der Waals surface area contributed by atoms with Crippen LogP contribution in [0.2, 0.25) is 0 Å². The van der Waals surface area contributed by atoms with E-state index in [2.05, 4.69) is 76.9 Å². The van der Waals surface area contributed by atoms with Gasteiger partial charge in [-0.2, -0.15) is 0 Å². The standard InChI is InChI=1S/C24H37N/c1-7-8-13-20(4)22(6)25-17-11-9-10-14-23-15-12-16-24(18-23)21(5)19(2)3/h11-12,15-18,20H,7-10,13-14H2,1-6H3/b17-11-,25-22?. The Balaban J connectivity index is 2.43. The van der Waals surface area contributed by atoms with E-state index < -0.39 is 0 Å². The molecule has 1 atom stereocenters. The summed E-state index contributed by atoms with van der Waals surface area (Å²) < 4.78 is 0. The molecule has 1 heteroatoms. The van der Waals surface area contributed by atoms with Gasteiger partial charge in [0.25, 0.3) is 0 Å². The predicted octanol–water partition coefficient (Wildman–Crippen LogP) is 7.62. The molecule has 0 heterocycles. The van der Waals surface area contributed by atoms with Crippen LogP contribution in [-0.4, -0.2) is 5.71 Å². The van der Waals surface area contributed by atoms with Gasteiger partial charge < -0.3 is 0 Å². The number of unbranched alkanes of at least 4 members (excludes halogenated alkanes) is 2. The molecule has 138 valence electrons. The van der Waals surface area contributed by atoms with Crippen molar-refractivity contribution in [3.63, 3.8) is 0 Å². The molecule has 1 unspecified atom stereocenters. The summed E-state index contributed by atoms with van der Waals surface area (Å²) in [7, 11) is 0. The third-order valence-corrected chi connectivity index (χ3v) is 5.03. The van der Waals surface area contributed by atoms with Crippen LogP contribution in [-0.2, 0) is 6.42 Å². The smallest absolute Gasteiger partial charge is 0.0227 e. The zero-order valence-corrected chi connectivity index (χ0v) is 17.2. The molecule has 0 aliphatic heterocycles. The Bertz CT molecular complexity index is 600. The molecule has 0 bridgehead atoms. The maximum Gasteiger partial charge on any atom is 0.0227 e. The first-order valence-corrected chi connectivity index (χ1v) is 9.88. The van der Waals surface area contributed by atoms with Crippen LogP contribution >= 0.6 is 0 Å². The molecule has 0 aromatic heterocycles. The second-order valence-electron chi connectivity index (χ2n) is 7.42. The summed E-state index contributed by atoms with van der Waals surface area (Å²) in [6.07, 6.45) is 11.4. The van der Waals surface area contributed by atoms with Gasteiger partial charge in [-0.05, 0) is 76.0 Å². The largest absolute Gasteiger partial charge is 0.266 e. The van der Waals surface area contributed by atoms with Gasteiger partial charge in [0.2, 0.25) is 0 Å². The predicted molar refractivity (Wildman–Crippen MR) is 114 cm³/mol. The minimum atomic E-state index is 0.602. The van der Waals surface area contributed by atoms with E-state index in [0.717, 1.165) is 12.8 Å². The molecule has 0 aliphatic rings. The zero-order chi connectivity index (χ0) is 18.7. The van der Waals surface area contributed by atoms with Crippen molar-refractivity contribution in [2.24, 2.45) is 10.9 Å². The van der Waals surface area contributed by atoms with Gasteiger partial charge in [0, 0.05) is 11.9 Å². The molecule has 0 amide bonds. The monoisotopic (exact) mass is 339 g/mol. The van der Waals surface area contributed by atoms with Crippen molar-refractivity contribution >= 4 is 11.3 Å². The summed E-state index contributed by atoms with van der Waals surface area (Å²) >= 11 is 0. The molecule has 0 saturated heterocycles. The normalized spacial score (nSPS) is 13.3. The average Bonchev–Trinajstić information content (AvgIpc) is 2.61. The second-order valence-corrected chi connectivity index (χ2v) is 7.42. The lowest BCUT2D eigenvalue weighted by atomic mass is 9.99. The summed E-state index contributed by atoms with van der Waals surface area (Å²) in [4.78, 5) is 4.61. The number of aliphatic imine (C=N–C) groups is 1. The molecule has 0 aliphatic carbocycles. The highest BCUT2D eigenvalue weighted by molar-refractivity contribution is 5.84. The molecular weight excluding hydrogens is 302 g/mol. The molecule has 0 radical (unpaired) electrons. The fourth-order valence-electron chi connectivity index (χ4n) is 2.76. The van der Waals surface area contributed by atoms with Crippen LogP contribution < -0.4 is 0 Å². The van der Waals surface area contributed by atoms with Crippen molar-refractivity contribution in [1.29, 1.82) is 0 Å². The van der Waals surface area contributed by atoms with Crippen molar-refractivity contribution in [3.8, 4) is 0 Å². The fraction of sp³-hybridized carbons (Fsp3) is 0.542. The van der Waals surface area contributed by atoms with E-state index >= 15 is 0 Å². The Hall–Kier alpha value is -1.63. The Morgan fingerprint density at radius 3 is 2.56 bits per heavy atom. The number of hydrogen-bond donors (Lipinski definition) is 0. The zero-order valence-electron chi connectivity index (χ0n) is 17.2. The van der Waals surface area contributed by atoms with Gasteiger partial charge in [-0.15, -0.1) is 0 Å². The first-order valence-electron chi connectivity index (χ1n) is 9.88. The van der Waals surface area contributed by atoms with Crippen LogP contribution in [0.3, 0.4) is 0 Å². The van der Waals surface area contributed by atoms with E-state index in [1.165, 1.54) is 53.7 Å². The topological polar surface area (TPSA) is 12.4 Å². The van der Waals surface area contributed by atoms with E-state index in [4.69, 9.17) is 0 Å². The number of rotatable bonds is 10. The highest BCUT2D eigenvalue weighted by atomic mass is 14.7. The number of benzene rings is 1. The van der Waals surface area contributed by atoms with Gasteiger partial charge >= 0.3 is 0 Å². The number of hydrogen-bond acceptors (Lipinski definition) is 1. The van der Waals surface area contributed by atoms with Gasteiger partial charge in [-0.25, -0.2) is 0 Å². The van der Waals surface area contributed by atoms with Crippen LogP contribution in [0.15, 0.2) is 47.1 Å². The molecule has 1 rings (SSSR count). The third-order valence-electron chi connectivity index (χ3n) is 5.03. The molecule has 1 aromatic carbocycles. The van der Waals surface area contributed by atoms with Gasteiger partial charge in [-0.3, -0.25) is 4.99 Å². The maximum atomic E-state index is 4.61. The Morgan fingerprint density at radius 2 is 1.88 bits per heavy atom. The number of aryl methyl sites for hydroxylation is 1. The molecule has 0 spiro atoms. The van der Waals surface area contributed by atoms with E-state index in [1.54, 1.807) is 0 Å². The van der Waals surface area contributed by atoms with E-state index in [1.807, 2.05) is 6.20 Å². The lowest BCUT2D eigenvalue weighted by Gasteiger charge is -2.09. The van der Waals surface area contributed by atoms with Crippen LogP contribution in [0.1, 0.15) is 84.8 Å². The van der Waals surface area contributed by atoms with Crippen LogP contribution in [0.25, 0.3) is 5.57 Å². The third kappa shape index (κ3) is 8.34. The fourth-order valence-corrected chi connectivity index (χ4v) is 2.76. The first-order chi connectivity index (χ1) is 12.0. The SMILES string of the molecule is CCCCC(C)C(C)=N/C=C\CCCc1cccc(C(C)=C(C)C)c1.